The minimum atomic E-state index is 0.828. The summed E-state index contributed by atoms with van der Waals surface area (Å²) in [5, 5.41) is 11.7. The van der Waals surface area contributed by atoms with E-state index in [0.29, 0.717) is 0 Å². The van der Waals surface area contributed by atoms with Crippen LogP contribution in [0.1, 0.15) is 0 Å². The lowest BCUT2D eigenvalue weighted by atomic mass is 9.83. The van der Waals surface area contributed by atoms with Crippen molar-refractivity contribution in [3.63, 3.8) is 0 Å². The van der Waals surface area contributed by atoms with Crippen molar-refractivity contribution < 1.29 is 8.83 Å². The van der Waals surface area contributed by atoms with E-state index in [-0.39, 0.29) is 0 Å². The van der Waals surface area contributed by atoms with Crippen molar-refractivity contribution in [2.75, 3.05) is 0 Å². The molecule has 0 saturated heterocycles. The average molecular weight is 637 g/mol. The van der Waals surface area contributed by atoms with Gasteiger partial charge in [0.25, 0.3) is 0 Å². The first-order valence-electron chi connectivity index (χ1n) is 17.1. The van der Waals surface area contributed by atoms with Gasteiger partial charge >= 0.3 is 0 Å². The molecular weight excluding hydrogens is 609 g/mol. The molecule has 11 rings (SSSR count). The topological polar surface area (TPSA) is 26.3 Å². The van der Waals surface area contributed by atoms with Crippen LogP contribution in [-0.4, -0.2) is 0 Å². The molecule has 2 aromatic heterocycles. The molecule has 0 aliphatic rings. The van der Waals surface area contributed by atoms with Crippen LogP contribution in [0.4, 0.5) is 0 Å². The lowest BCUT2D eigenvalue weighted by Gasteiger charge is -2.19. The van der Waals surface area contributed by atoms with Crippen molar-refractivity contribution in [3.05, 3.63) is 170 Å². The lowest BCUT2D eigenvalue weighted by molar-refractivity contribution is 0.663. The van der Waals surface area contributed by atoms with Crippen molar-refractivity contribution in [2.24, 2.45) is 0 Å². The Morgan fingerprint density at radius 2 is 0.740 bits per heavy atom. The highest BCUT2D eigenvalue weighted by atomic mass is 16.3. The maximum Gasteiger partial charge on any atom is 0.147 e. The minimum Gasteiger partial charge on any atom is -0.456 e. The fraction of sp³-hybridized carbons (Fsp3) is 0. The number of para-hydroxylation sites is 2. The zero-order chi connectivity index (χ0) is 32.8. The lowest BCUT2D eigenvalue weighted by Crippen LogP contribution is -1.92. The SMILES string of the molecule is c1ccc(-c2c3ccccc3c(-c3ccc(-c4cc5oc6ccccc6c5c5oc6ccccc6c45)c4ccccc34)c3ccccc23)cc1. The van der Waals surface area contributed by atoms with E-state index in [1.807, 2.05) is 18.2 Å². The normalized spacial score (nSPS) is 12.0. The van der Waals surface area contributed by atoms with Crippen molar-refractivity contribution in [1.29, 1.82) is 0 Å². The van der Waals surface area contributed by atoms with Gasteiger partial charge in [-0.3, -0.25) is 0 Å². The van der Waals surface area contributed by atoms with Crippen molar-refractivity contribution in [3.8, 4) is 33.4 Å². The first kappa shape index (κ1) is 27.3. The van der Waals surface area contributed by atoms with Crippen LogP contribution in [0.3, 0.4) is 0 Å². The summed E-state index contributed by atoms with van der Waals surface area (Å²) in [6, 6.07) is 60.8. The number of rotatable bonds is 3. The van der Waals surface area contributed by atoms with E-state index in [1.54, 1.807) is 0 Å². The van der Waals surface area contributed by atoms with Gasteiger partial charge < -0.3 is 8.83 Å². The van der Waals surface area contributed by atoms with E-state index in [0.717, 1.165) is 55.0 Å². The number of fused-ring (bicyclic) bond motifs is 10. The molecule has 0 unspecified atom stereocenters. The van der Waals surface area contributed by atoms with Crippen LogP contribution in [0, 0.1) is 0 Å². The van der Waals surface area contributed by atoms with Gasteiger partial charge in [-0.1, -0.05) is 152 Å². The van der Waals surface area contributed by atoms with Crippen LogP contribution in [0.25, 0.3) is 110 Å². The Kier molecular flexibility index (Phi) is 5.70. The van der Waals surface area contributed by atoms with Crippen LogP contribution < -0.4 is 0 Å². The summed E-state index contributed by atoms with van der Waals surface area (Å²) >= 11 is 0. The zero-order valence-corrected chi connectivity index (χ0v) is 27.0. The largest absolute Gasteiger partial charge is 0.456 e. The molecule has 0 spiro atoms. The van der Waals surface area contributed by atoms with Gasteiger partial charge in [0.15, 0.2) is 0 Å². The fourth-order valence-electron chi connectivity index (χ4n) is 8.39. The molecule has 0 fully saturated rings. The smallest absolute Gasteiger partial charge is 0.147 e. The molecule has 0 aliphatic carbocycles. The Balaban J connectivity index is 1.25. The molecule has 0 N–H and O–H groups in total. The van der Waals surface area contributed by atoms with Gasteiger partial charge in [0.05, 0.1) is 5.39 Å². The Morgan fingerprint density at radius 3 is 1.38 bits per heavy atom. The summed E-state index contributed by atoms with van der Waals surface area (Å²) in [5.41, 5.74) is 10.7. The molecule has 2 heteroatoms. The summed E-state index contributed by atoms with van der Waals surface area (Å²) in [7, 11) is 0. The van der Waals surface area contributed by atoms with Crippen LogP contribution in [0.15, 0.2) is 179 Å². The molecule has 232 valence electrons. The van der Waals surface area contributed by atoms with Crippen LogP contribution in [-0.2, 0) is 0 Å². The molecule has 0 atom stereocenters. The second-order valence-corrected chi connectivity index (χ2v) is 13.1. The molecule has 9 aromatic carbocycles. The molecule has 11 aromatic rings. The summed E-state index contributed by atoms with van der Waals surface area (Å²) in [5.74, 6) is 0. The van der Waals surface area contributed by atoms with Crippen molar-refractivity contribution in [1.82, 2.24) is 0 Å². The third-order valence-corrected chi connectivity index (χ3v) is 10.5. The summed E-state index contributed by atoms with van der Waals surface area (Å²) in [6.07, 6.45) is 0. The number of hydrogen-bond donors (Lipinski definition) is 0. The van der Waals surface area contributed by atoms with Crippen LogP contribution in [0.2, 0.25) is 0 Å². The van der Waals surface area contributed by atoms with Gasteiger partial charge in [-0.2, -0.15) is 0 Å². The van der Waals surface area contributed by atoms with E-state index in [1.165, 1.54) is 54.6 Å². The van der Waals surface area contributed by atoms with E-state index in [9.17, 15) is 0 Å². The third-order valence-electron chi connectivity index (χ3n) is 10.5. The average Bonchev–Trinajstić information content (AvgIpc) is 3.75. The van der Waals surface area contributed by atoms with Gasteiger partial charge in [0.1, 0.15) is 22.3 Å². The predicted molar refractivity (Wildman–Crippen MR) is 210 cm³/mol. The molecule has 2 nitrogen and oxygen atoms in total. The van der Waals surface area contributed by atoms with Crippen LogP contribution in [0.5, 0.6) is 0 Å². The Morgan fingerprint density at radius 1 is 0.280 bits per heavy atom. The van der Waals surface area contributed by atoms with Gasteiger partial charge in [-0.15, -0.1) is 0 Å². The third kappa shape index (κ3) is 3.79. The molecule has 50 heavy (non-hydrogen) atoms. The monoisotopic (exact) mass is 636 g/mol. The summed E-state index contributed by atoms with van der Waals surface area (Å²) < 4.78 is 13.2. The molecule has 0 bridgehead atoms. The first-order valence-corrected chi connectivity index (χ1v) is 17.1. The number of benzene rings is 9. The second kappa shape index (κ2) is 10.4. The Hall–Kier alpha value is -6.64. The van der Waals surface area contributed by atoms with Crippen molar-refractivity contribution in [2.45, 2.75) is 0 Å². The Labute approximate surface area is 287 Å². The van der Waals surface area contributed by atoms with Crippen molar-refractivity contribution >= 4 is 76.2 Å². The maximum atomic E-state index is 6.68. The molecule has 2 heterocycles. The maximum absolute atomic E-state index is 6.68. The van der Waals surface area contributed by atoms with E-state index < -0.39 is 0 Å². The molecule has 0 aliphatic heterocycles. The van der Waals surface area contributed by atoms with E-state index in [4.69, 9.17) is 8.83 Å². The first-order chi connectivity index (χ1) is 24.8. The predicted octanol–water partition coefficient (Wildman–Crippen LogP) is 13.9. The van der Waals surface area contributed by atoms with E-state index in [2.05, 4.69) is 152 Å². The Bertz CT molecular complexity index is 3080. The fourth-order valence-corrected chi connectivity index (χ4v) is 8.39. The molecule has 0 radical (unpaired) electrons. The number of hydrogen-bond acceptors (Lipinski definition) is 2. The van der Waals surface area contributed by atoms with Crippen LogP contribution >= 0.6 is 0 Å². The molecule has 0 saturated carbocycles. The van der Waals surface area contributed by atoms with Gasteiger partial charge in [-0.25, -0.2) is 0 Å². The summed E-state index contributed by atoms with van der Waals surface area (Å²) in [4.78, 5) is 0. The number of furan rings is 2. The quantitative estimate of drug-likeness (QED) is 0.180. The standard InChI is InChI=1S/C48H28O2/c1-2-14-29(15-3-1)44-33-18-6-8-20-35(33)45(36-21-9-7-19-34(36)44)37-27-26-32(30-16-4-5-17-31(30)37)40-28-43-47(39-23-11-12-24-41(39)49-43)48-46(40)38-22-10-13-25-42(38)50-48/h1-28H. The van der Waals surface area contributed by atoms with Gasteiger partial charge in [0, 0.05) is 16.2 Å². The zero-order valence-electron chi connectivity index (χ0n) is 27.0. The second-order valence-electron chi connectivity index (χ2n) is 13.1. The highest BCUT2D eigenvalue weighted by Gasteiger charge is 2.23. The summed E-state index contributed by atoms with van der Waals surface area (Å²) in [6.45, 7) is 0. The minimum absolute atomic E-state index is 0.828. The highest BCUT2D eigenvalue weighted by Crippen LogP contribution is 2.49. The molecular formula is C48H28O2. The van der Waals surface area contributed by atoms with Gasteiger partial charge in [0.2, 0.25) is 0 Å². The molecule has 0 amide bonds. The van der Waals surface area contributed by atoms with Gasteiger partial charge in [-0.05, 0) is 83.9 Å². The van der Waals surface area contributed by atoms with E-state index >= 15 is 0 Å². The highest BCUT2D eigenvalue weighted by molar-refractivity contribution is 6.28.